The molecule has 2 aromatic carbocycles. The van der Waals surface area contributed by atoms with E-state index in [1.165, 1.54) is 0 Å². The third kappa shape index (κ3) is 7.07. The molecule has 0 bridgehead atoms. The number of rotatable bonds is 2. The minimum absolute atomic E-state index is 0. The Kier molecular flexibility index (Phi) is 15.0. The first-order valence-electron chi connectivity index (χ1n) is 7.38. The summed E-state index contributed by atoms with van der Waals surface area (Å²) in [6, 6.07) is 8.39. The van der Waals surface area contributed by atoms with Gasteiger partial charge in [-0.1, -0.05) is 44.3 Å². The molecule has 0 unspecified atom stereocenters. The van der Waals surface area contributed by atoms with Crippen LogP contribution in [0.5, 0.6) is 11.5 Å². The fourth-order valence-corrected chi connectivity index (χ4v) is 1.96. The Bertz CT molecular complexity index is 725. The number of hydrogen-bond donors (Lipinski definition) is 2. The van der Waals surface area contributed by atoms with E-state index in [4.69, 9.17) is 20.9 Å². The Morgan fingerprint density at radius 1 is 0.962 bits per heavy atom. The number of nitrogens with two attached hydrogens (primary N) is 2. The van der Waals surface area contributed by atoms with E-state index in [0.717, 1.165) is 0 Å². The van der Waals surface area contributed by atoms with Gasteiger partial charge >= 0.3 is 0 Å². The van der Waals surface area contributed by atoms with Crippen molar-refractivity contribution in [2.24, 2.45) is 0 Å². The summed E-state index contributed by atoms with van der Waals surface area (Å²) in [5.74, 6) is 1.18. The summed E-state index contributed by atoms with van der Waals surface area (Å²) in [5, 5.41) is 0. The second-order valence-corrected chi connectivity index (χ2v) is 4.49. The van der Waals surface area contributed by atoms with Crippen LogP contribution in [0.2, 0.25) is 0 Å². The predicted molar refractivity (Wildman–Crippen MR) is 93.5 cm³/mol. The molecular weight excluding hydrogens is 486 g/mol. The minimum atomic E-state index is 0. The molecule has 2 aromatic rings. The third-order valence-electron chi connectivity index (χ3n) is 3.11. The van der Waals surface area contributed by atoms with Crippen LogP contribution in [0.1, 0.15) is 30.5 Å². The van der Waals surface area contributed by atoms with Gasteiger partial charge in [0.15, 0.2) is 0 Å². The van der Waals surface area contributed by atoms with Gasteiger partial charge in [-0.25, -0.2) is 0 Å². The van der Waals surface area contributed by atoms with Crippen LogP contribution in [-0.4, -0.2) is 19.4 Å². The van der Waals surface area contributed by atoms with Crippen LogP contribution < -0.4 is 20.9 Å². The standard InChI is InChI=1S/C9H8NO3.C7H6NO.C2H6.2Y/c1-5-6(3-11)7(10)2-8-9(5)13-4-12-8;8-7-4-2-1-3-6(7)5-9;1-2;;/h2H,4,10H2,1H3;1-4H,8H2;1-2H3;;/q2*-1;;;. The largest absolute Gasteiger partial charge is 0.466 e. The normalized spacial score (nSPS) is 9.81. The van der Waals surface area contributed by atoms with Gasteiger partial charge in [-0.3, -0.25) is 0 Å². The molecule has 0 aliphatic carbocycles. The average molecular weight is 506 g/mol. The first-order chi connectivity index (χ1) is 11.6. The van der Waals surface area contributed by atoms with Crippen molar-refractivity contribution in [1.29, 1.82) is 0 Å². The fraction of sp³-hybridized carbons (Fsp3) is 0.222. The molecule has 0 fully saturated rings. The maximum absolute atomic E-state index is 10.5. The van der Waals surface area contributed by atoms with Crippen molar-refractivity contribution in [3.05, 3.63) is 47.0 Å². The Balaban J connectivity index is 0. The van der Waals surface area contributed by atoms with Gasteiger partial charge in [0.05, 0.1) is 12.6 Å². The Morgan fingerprint density at radius 2 is 1.58 bits per heavy atom. The molecule has 0 atom stereocenters. The summed E-state index contributed by atoms with van der Waals surface area (Å²) in [7, 11) is 0. The number of hydrogen-bond acceptors (Lipinski definition) is 6. The van der Waals surface area contributed by atoms with E-state index >= 15 is 0 Å². The molecule has 134 valence electrons. The van der Waals surface area contributed by atoms with Crippen LogP contribution in [0.25, 0.3) is 0 Å². The van der Waals surface area contributed by atoms with Crippen molar-refractivity contribution in [2.75, 3.05) is 18.3 Å². The summed E-state index contributed by atoms with van der Waals surface area (Å²) in [5.41, 5.74) is 13.3. The molecule has 0 amide bonds. The first kappa shape index (κ1) is 27.4. The number of fused-ring (bicyclic) bond motifs is 1. The second-order valence-electron chi connectivity index (χ2n) is 4.49. The van der Waals surface area contributed by atoms with E-state index in [1.807, 2.05) is 13.8 Å². The topological polar surface area (TPSA) is 105 Å². The molecule has 4 N–H and O–H groups in total. The van der Waals surface area contributed by atoms with Crippen LogP contribution in [0, 0.1) is 6.92 Å². The van der Waals surface area contributed by atoms with Crippen LogP contribution >= 0.6 is 0 Å². The fourth-order valence-electron chi connectivity index (χ4n) is 1.96. The van der Waals surface area contributed by atoms with Gasteiger partial charge in [0.25, 0.3) is 0 Å². The van der Waals surface area contributed by atoms with E-state index in [-0.39, 0.29) is 72.2 Å². The van der Waals surface area contributed by atoms with Gasteiger partial charge in [0.1, 0.15) is 11.5 Å². The van der Waals surface area contributed by atoms with E-state index in [2.05, 4.69) is 0 Å². The van der Waals surface area contributed by atoms with Gasteiger partial charge in [-0.2, -0.15) is 6.07 Å². The first-order valence-corrected chi connectivity index (χ1v) is 7.38. The number of anilines is 2. The Hall–Kier alpha value is -0.812. The smallest absolute Gasteiger partial charge is 0.229 e. The Morgan fingerprint density at radius 3 is 2.08 bits per heavy atom. The number of para-hydroxylation sites is 1. The van der Waals surface area contributed by atoms with Crippen molar-refractivity contribution in [3.63, 3.8) is 0 Å². The quantitative estimate of drug-likeness (QED) is 0.480. The SMILES string of the molecule is CC.Cc1c([C-]=O)c(N)cc2c1OCO2.Nc1ccccc1[C-]=O.[Y].[Y]. The molecule has 3 rings (SSSR count). The van der Waals surface area contributed by atoms with Crippen molar-refractivity contribution in [3.8, 4) is 11.5 Å². The number of carbonyl (C=O) groups excluding carboxylic acids is 2. The predicted octanol–water partition coefficient (Wildman–Crippen LogP) is 2.51. The molecule has 8 heteroatoms. The molecule has 1 aliphatic heterocycles. The van der Waals surface area contributed by atoms with Crippen molar-refractivity contribution >= 4 is 23.9 Å². The summed E-state index contributed by atoms with van der Waals surface area (Å²) in [6.07, 6.45) is 3.50. The number of nitrogen functional groups attached to an aromatic ring is 2. The van der Waals surface area contributed by atoms with E-state index in [9.17, 15) is 9.59 Å². The molecule has 6 nitrogen and oxygen atoms in total. The summed E-state index contributed by atoms with van der Waals surface area (Å²) in [6.45, 7) is 5.93. The van der Waals surface area contributed by atoms with Crippen LogP contribution in [0.3, 0.4) is 0 Å². The zero-order chi connectivity index (χ0) is 18.1. The zero-order valence-corrected chi connectivity index (χ0v) is 20.7. The number of ether oxygens (including phenoxy) is 2. The molecule has 0 saturated carbocycles. The summed E-state index contributed by atoms with van der Waals surface area (Å²) < 4.78 is 10.3. The maximum Gasteiger partial charge on any atom is 0.229 e. The number of benzene rings is 2. The summed E-state index contributed by atoms with van der Waals surface area (Å²) in [4.78, 5) is 20.6. The van der Waals surface area contributed by atoms with Crippen LogP contribution in [-0.2, 0) is 75.0 Å². The van der Waals surface area contributed by atoms with Gasteiger partial charge in [0.2, 0.25) is 6.79 Å². The Labute approximate surface area is 204 Å². The van der Waals surface area contributed by atoms with Crippen molar-refractivity contribution in [1.82, 2.24) is 0 Å². The molecule has 2 radical (unpaired) electrons. The van der Waals surface area contributed by atoms with Crippen molar-refractivity contribution < 1.29 is 84.5 Å². The van der Waals surface area contributed by atoms with Gasteiger partial charge in [-0.05, 0) is 6.07 Å². The molecule has 0 spiro atoms. The van der Waals surface area contributed by atoms with E-state index in [0.29, 0.717) is 39.6 Å². The van der Waals surface area contributed by atoms with Gasteiger partial charge in [-0.15, -0.1) is 22.8 Å². The van der Waals surface area contributed by atoms with E-state index in [1.54, 1.807) is 49.8 Å². The molecule has 1 heterocycles. The minimum Gasteiger partial charge on any atom is -0.466 e. The molecule has 0 aromatic heterocycles. The molecule has 1 aliphatic rings. The summed E-state index contributed by atoms with van der Waals surface area (Å²) >= 11 is 0. The van der Waals surface area contributed by atoms with Gasteiger partial charge in [0, 0.05) is 65.4 Å². The van der Waals surface area contributed by atoms with Crippen LogP contribution in [0.4, 0.5) is 11.4 Å². The average Bonchev–Trinajstić information content (AvgIpc) is 3.07. The second kappa shape index (κ2) is 14.3. The van der Waals surface area contributed by atoms with E-state index < -0.39 is 0 Å². The van der Waals surface area contributed by atoms with Gasteiger partial charge < -0.3 is 30.5 Å². The molecule has 26 heavy (non-hydrogen) atoms. The third-order valence-corrected chi connectivity index (χ3v) is 3.11. The zero-order valence-electron chi connectivity index (χ0n) is 15.0. The monoisotopic (exact) mass is 506 g/mol. The van der Waals surface area contributed by atoms with Crippen LogP contribution in [0.15, 0.2) is 30.3 Å². The van der Waals surface area contributed by atoms with Crippen molar-refractivity contribution in [2.45, 2.75) is 20.8 Å². The molecule has 0 saturated heterocycles. The maximum atomic E-state index is 10.5. The molecular formula is C18H20N2O4Y2-2.